The minimum atomic E-state index is -0.539. The highest BCUT2D eigenvalue weighted by molar-refractivity contribution is 7.00. The topological polar surface area (TPSA) is 79.2 Å². The number of aromatic nitrogens is 4. The van der Waals surface area contributed by atoms with Gasteiger partial charge in [0.15, 0.2) is 0 Å². The van der Waals surface area contributed by atoms with Crippen LogP contribution in [0.1, 0.15) is 333 Å². The molecule has 0 saturated carbocycles. The number of rotatable bonds is 46. The number of hydrogen-bond donors (Lipinski definition) is 0. The monoisotopic (exact) mass is 1500 g/mol. The molecule has 0 fully saturated rings. The van der Waals surface area contributed by atoms with Gasteiger partial charge in [0.2, 0.25) is 0 Å². The summed E-state index contributed by atoms with van der Waals surface area (Å²) in [7, 11) is 0. The zero-order chi connectivity index (χ0) is 75.3. The smallest absolute Gasteiger partial charge is 0.135 e. The summed E-state index contributed by atoms with van der Waals surface area (Å²) >= 11 is 2.65. The van der Waals surface area contributed by atoms with E-state index in [1.54, 1.807) is 0 Å². The molecule has 0 atom stereocenters. The third-order valence-corrected chi connectivity index (χ3v) is 26.1. The van der Waals surface area contributed by atoms with Crippen molar-refractivity contribution in [1.29, 1.82) is 0 Å². The van der Waals surface area contributed by atoms with E-state index in [2.05, 4.69) is 188 Å². The van der Waals surface area contributed by atoms with Crippen LogP contribution in [0.2, 0.25) is 0 Å². The van der Waals surface area contributed by atoms with E-state index >= 15 is 0 Å². The number of aryl methyl sites for hydroxylation is 1. The molecule has 7 nitrogen and oxygen atoms in total. The Hall–Kier alpha value is -7.20. The molecule has 109 heavy (non-hydrogen) atoms. The first-order valence-electron chi connectivity index (χ1n) is 44.1. The van der Waals surface area contributed by atoms with Gasteiger partial charge in [0.05, 0.1) is 23.5 Å². The van der Waals surface area contributed by atoms with E-state index in [0.717, 1.165) is 148 Å². The number of unbranched alkanes of at least 4 members (excludes halogenated alkanes) is 30. The Bertz CT molecular complexity index is 4510. The maximum absolute atomic E-state index is 7.98. The van der Waals surface area contributed by atoms with Crippen molar-refractivity contribution in [2.45, 2.75) is 335 Å². The average molecular weight is 1500 g/mol. The number of para-hydroxylation sites is 1. The van der Waals surface area contributed by atoms with Crippen molar-refractivity contribution in [3.63, 3.8) is 0 Å². The van der Waals surface area contributed by atoms with Crippen LogP contribution < -0.4 is 14.2 Å². The summed E-state index contributed by atoms with van der Waals surface area (Å²) in [6, 6.07) is 53.7. The second-order valence-electron chi connectivity index (χ2n) is 33.1. The minimum Gasteiger partial charge on any atom is -0.482 e. The second-order valence-corrected chi connectivity index (χ2v) is 34.2. The zero-order valence-corrected chi connectivity index (χ0v) is 69.4. The molecular formula is C100H128N4O3S2. The predicted octanol–water partition coefficient (Wildman–Crippen LogP) is 31.9. The molecule has 0 bridgehead atoms. The van der Waals surface area contributed by atoms with Gasteiger partial charge >= 0.3 is 0 Å². The lowest BCUT2D eigenvalue weighted by Gasteiger charge is -2.41. The molecule has 10 aromatic rings. The molecule has 0 saturated heterocycles. The number of hydrogen-bond acceptors (Lipinski definition) is 9. The van der Waals surface area contributed by atoms with E-state index in [9.17, 15) is 0 Å². The van der Waals surface area contributed by atoms with Gasteiger partial charge in [-0.2, -0.15) is 17.5 Å². The minimum absolute atomic E-state index is 0.371. The van der Waals surface area contributed by atoms with Gasteiger partial charge in [0, 0.05) is 55.6 Å². The van der Waals surface area contributed by atoms with Crippen molar-refractivity contribution in [1.82, 2.24) is 17.5 Å². The third kappa shape index (κ3) is 18.6. The molecule has 578 valence electrons. The van der Waals surface area contributed by atoms with Gasteiger partial charge in [0.25, 0.3) is 0 Å². The molecule has 3 aliphatic heterocycles. The fourth-order valence-corrected chi connectivity index (χ4v) is 19.9. The Kier molecular flexibility index (Phi) is 28.8. The SMILES string of the molecule is CCCCCCCCC1(CCCCCCCC)Oc2cc(-c3ccc(-c4ccc5c(c4)C(CCCCCCCC)(CCCCCCCC)Oc4cc(-c6ccc(-c7ccc8c(c7)C(CCCCCCCC)(CCCCCCCC)Oc7ccccc7-8)c7nsnc67)ccc4-5)c4nsnc34)ccc2-c2ccc(C)cc21. The van der Waals surface area contributed by atoms with E-state index in [4.69, 9.17) is 31.7 Å². The van der Waals surface area contributed by atoms with Crippen LogP contribution in [0.15, 0.2) is 140 Å². The van der Waals surface area contributed by atoms with Gasteiger partial charge in [-0.3, -0.25) is 0 Å². The summed E-state index contributed by atoms with van der Waals surface area (Å²) in [5.74, 6) is 2.98. The molecule has 2 aromatic heterocycles. The zero-order valence-electron chi connectivity index (χ0n) is 67.8. The Labute approximate surface area is 664 Å². The lowest BCUT2D eigenvalue weighted by Crippen LogP contribution is -2.36. The Morgan fingerprint density at radius 2 is 0.486 bits per heavy atom. The van der Waals surface area contributed by atoms with E-state index in [0.29, 0.717) is 0 Å². The summed E-state index contributed by atoms with van der Waals surface area (Å²) in [5, 5.41) is 0. The summed E-state index contributed by atoms with van der Waals surface area (Å²) in [6.45, 7) is 16.2. The van der Waals surface area contributed by atoms with Crippen molar-refractivity contribution in [3.8, 4) is 95.1 Å². The largest absolute Gasteiger partial charge is 0.482 e. The molecular weight excluding hydrogens is 1370 g/mol. The van der Waals surface area contributed by atoms with Gasteiger partial charge in [-0.1, -0.05) is 349 Å². The van der Waals surface area contributed by atoms with Gasteiger partial charge in [-0.15, -0.1) is 0 Å². The maximum Gasteiger partial charge on any atom is 0.135 e. The van der Waals surface area contributed by atoms with Crippen LogP contribution in [-0.2, 0) is 16.8 Å². The first-order valence-corrected chi connectivity index (χ1v) is 45.5. The first-order chi connectivity index (χ1) is 53.7. The van der Waals surface area contributed by atoms with Crippen LogP contribution in [0.3, 0.4) is 0 Å². The summed E-state index contributed by atoms with van der Waals surface area (Å²) < 4.78 is 43.9. The Balaban J connectivity index is 0.850. The lowest BCUT2D eigenvalue weighted by atomic mass is 9.76. The normalized spacial score (nSPS) is 14.2. The highest BCUT2D eigenvalue weighted by Crippen LogP contribution is 2.56. The molecule has 8 aromatic carbocycles. The fourth-order valence-electron chi connectivity index (χ4n) is 18.8. The number of benzene rings is 8. The van der Waals surface area contributed by atoms with Gasteiger partial charge in [-0.05, 0) is 153 Å². The van der Waals surface area contributed by atoms with Gasteiger partial charge in [-0.25, -0.2) is 0 Å². The van der Waals surface area contributed by atoms with Crippen molar-refractivity contribution >= 4 is 45.5 Å². The molecule has 13 rings (SSSR count). The molecule has 9 heteroatoms. The quantitative estimate of drug-likeness (QED) is 0.0352. The highest BCUT2D eigenvalue weighted by atomic mass is 32.1. The maximum atomic E-state index is 7.98. The van der Waals surface area contributed by atoms with Gasteiger partial charge in [0.1, 0.15) is 56.1 Å². The first kappa shape index (κ1) is 79.9. The standard InChI is InChI=1S/C100H128N4O3S2/c1-8-14-20-26-32-40-62-98(63-41-33-27-21-15-9-2)88-68-73(7)48-53-82(88)86-56-51-76(71-92(86)106-98)80-61-59-79(95-96(80)103-109-102-95)75-50-55-84-87-57-52-77(72-93(87)107-100(90(84)70-75,66-44-36-30-24-18-12-5)67-45-37-31-25-19-13-6)81-60-58-78(94-97(81)104-108-101-94)74-49-54-83-85-46-38-39-47-91(85)105-99(89(83)69-74,64-42-34-28-22-16-10-3)65-43-35-29-23-17-11-4/h38-39,46-61,68-72H,8-37,40-45,62-67H2,1-7H3. The molecule has 5 heterocycles. The van der Waals surface area contributed by atoms with Crippen LogP contribution in [0.5, 0.6) is 17.2 Å². The lowest BCUT2D eigenvalue weighted by molar-refractivity contribution is 0.0384. The highest BCUT2D eigenvalue weighted by Gasteiger charge is 2.44. The molecule has 0 aliphatic carbocycles. The van der Waals surface area contributed by atoms with E-state index in [1.165, 1.54) is 285 Å². The van der Waals surface area contributed by atoms with Crippen molar-refractivity contribution in [3.05, 3.63) is 162 Å². The number of nitrogens with zero attached hydrogens (tertiary/aromatic N) is 4. The molecule has 0 amide bonds. The van der Waals surface area contributed by atoms with E-state index < -0.39 is 11.2 Å². The van der Waals surface area contributed by atoms with E-state index in [-0.39, 0.29) is 5.60 Å². The summed E-state index contributed by atoms with van der Waals surface area (Å²) in [4.78, 5) is 0. The predicted molar refractivity (Wildman–Crippen MR) is 466 cm³/mol. The van der Waals surface area contributed by atoms with Crippen molar-refractivity contribution < 1.29 is 14.2 Å². The molecule has 0 unspecified atom stereocenters. The Morgan fingerprint density at radius 1 is 0.239 bits per heavy atom. The Morgan fingerprint density at radius 3 is 0.817 bits per heavy atom. The van der Waals surface area contributed by atoms with Gasteiger partial charge < -0.3 is 14.2 Å². The van der Waals surface area contributed by atoms with Crippen LogP contribution in [0.4, 0.5) is 0 Å². The number of ether oxygens (including phenoxy) is 3. The summed E-state index contributed by atoms with van der Waals surface area (Å²) in [5.41, 5.74) is 24.2. The van der Waals surface area contributed by atoms with Crippen LogP contribution >= 0.6 is 23.5 Å². The molecule has 0 N–H and O–H groups in total. The third-order valence-electron chi connectivity index (χ3n) is 25.0. The number of fused-ring (bicyclic) bond motifs is 11. The van der Waals surface area contributed by atoms with Crippen LogP contribution in [0, 0.1) is 6.92 Å². The van der Waals surface area contributed by atoms with Crippen molar-refractivity contribution in [2.75, 3.05) is 0 Å². The van der Waals surface area contributed by atoms with Crippen molar-refractivity contribution in [2.24, 2.45) is 0 Å². The fraction of sp³-hybridized carbons (Fsp3) is 0.520. The van der Waals surface area contributed by atoms with Crippen LogP contribution in [-0.4, -0.2) is 17.5 Å². The average Bonchev–Trinajstić information content (AvgIpc) is 1.30. The molecule has 3 aliphatic rings. The van der Waals surface area contributed by atoms with E-state index in [1.807, 2.05) is 0 Å². The second kappa shape index (κ2) is 39.3. The molecule has 0 spiro atoms. The molecule has 0 radical (unpaired) electrons. The van der Waals surface area contributed by atoms with Crippen LogP contribution in [0.25, 0.3) is 100.0 Å². The summed E-state index contributed by atoms with van der Waals surface area (Å²) in [6.07, 6.45) is 51.1.